The quantitative estimate of drug-likeness (QED) is 0.571. The lowest BCUT2D eigenvalue weighted by atomic mass is 9.77. The number of rotatable bonds is 2. The molecule has 3 heteroatoms. The molecule has 0 amide bonds. The highest BCUT2D eigenvalue weighted by Crippen LogP contribution is 2.32. The zero-order valence-electron chi connectivity index (χ0n) is 11.6. The smallest absolute Gasteiger partial charge is 0.193 e. The summed E-state index contributed by atoms with van der Waals surface area (Å²) in [5.74, 6) is 1.03. The minimum atomic E-state index is 0.217. The summed E-state index contributed by atoms with van der Waals surface area (Å²) in [7, 11) is 0. The molecule has 0 aromatic heterocycles. The van der Waals surface area contributed by atoms with Crippen LogP contribution in [0.5, 0.6) is 0 Å². The Morgan fingerprint density at radius 2 is 2.12 bits per heavy atom. The van der Waals surface area contributed by atoms with Gasteiger partial charge in [0, 0.05) is 11.7 Å². The fourth-order valence-corrected chi connectivity index (χ4v) is 1.83. The molecule has 3 N–H and O–H groups in total. The molecule has 1 atom stereocenters. The topological polar surface area (TPSA) is 50.4 Å². The molecule has 0 bridgehead atoms. The van der Waals surface area contributed by atoms with Crippen molar-refractivity contribution in [1.82, 2.24) is 5.32 Å². The van der Waals surface area contributed by atoms with Crippen LogP contribution in [0.4, 0.5) is 0 Å². The van der Waals surface area contributed by atoms with Gasteiger partial charge < -0.3 is 11.1 Å². The average molecular weight is 235 g/mol. The molecule has 0 heterocycles. The van der Waals surface area contributed by atoms with Gasteiger partial charge in [0.05, 0.1) is 0 Å². The van der Waals surface area contributed by atoms with Crippen LogP contribution >= 0.6 is 0 Å². The van der Waals surface area contributed by atoms with E-state index in [1.54, 1.807) is 0 Å². The third-order valence-electron chi connectivity index (χ3n) is 2.85. The Morgan fingerprint density at radius 1 is 1.47 bits per heavy atom. The van der Waals surface area contributed by atoms with Crippen molar-refractivity contribution in [3.05, 3.63) is 23.9 Å². The maximum Gasteiger partial charge on any atom is 0.193 e. The second-order valence-electron chi connectivity index (χ2n) is 5.97. The standard InChI is InChI=1S/C14H25N3/c1-10(2)16-13(15)17-12-8-6-7-11(9-12)14(3,4)5/h6,8-11H,7H2,1-5H3,(H3,15,16,17). The molecule has 0 spiro atoms. The molecular weight excluding hydrogens is 210 g/mol. The van der Waals surface area contributed by atoms with Crippen LogP contribution in [0, 0.1) is 11.3 Å². The van der Waals surface area contributed by atoms with E-state index in [2.05, 4.69) is 49.3 Å². The van der Waals surface area contributed by atoms with E-state index in [9.17, 15) is 0 Å². The van der Waals surface area contributed by atoms with Gasteiger partial charge in [0.1, 0.15) is 0 Å². The average Bonchev–Trinajstić information content (AvgIpc) is 2.15. The predicted octanol–water partition coefficient (Wildman–Crippen LogP) is 2.81. The van der Waals surface area contributed by atoms with Crippen LogP contribution in [0.3, 0.4) is 0 Å². The highest BCUT2D eigenvalue weighted by molar-refractivity contribution is 5.80. The van der Waals surface area contributed by atoms with Gasteiger partial charge in [-0.3, -0.25) is 4.99 Å². The maximum atomic E-state index is 5.82. The summed E-state index contributed by atoms with van der Waals surface area (Å²) < 4.78 is 0. The van der Waals surface area contributed by atoms with Crippen molar-refractivity contribution in [1.29, 1.82) is 0 Å². The number of nitrogens with two attached hydrogens (primary N) is 1. The molecule has 0 aromatic carbocycles. The molecule has 1 rings (SSSR count). The van der Waals surface area contributed by atoms with Crippen LogP contribution in [-0.2, 0) is 0 Å². The highest BCUT2D eigenvalue weighted by Gasteiger charge is 2.23. The summed E-state index contributed by atoms with van der Waals surface area (Å²) in [4.78, 5) is 4.27. The summed E-state index contributed by atoms with van der Waals surface area (Å²) in [6, 6.07) is 0.217. The molecule has 0 saturated heterocycles. The summed E-state index contributed by atoms with van der Waals surface area (Å²) in [5, 5.41) is 3.15. The molecule has 96 valence electrons. The molecule has 0 aromatic rings. The summed E-state index contributed by atoms with van der Waals surface area (Å²) in [6.07, 6.45) is 7.62. The Bertz CT molecular complexity index is 343. The minimum absolute atomic E-state index is 0.217. The van der Waals surface area contributed by atoms with Gasteiger partial charge in [-0.15, -0.1) is 0 Å². The van der Waals surface area contributed by atoms with E-state index in [0.29, 0.717) is 11.9 Å². The fraction of sp³-hybridized carbons (Fsp3) is 0.643. The van der Waals surface area contributed by atoms with E-state index in [-0.39, 0.29) is 11.5 Å². The summed E-state index contributed by atoms with van der Waals surface area (Å²) >= 11 is 0. The van der Waals surface area contributed by atoms with Gasteiger partial charge in [0.2, 0.25) is 0 Å². The lowest BCUT2D eigenvalue weighted by Gasteiger charge is -2.30. The normalized spacial score (nSPS) is 21.6. The van der Waals surface area contributed by atoms with Crippen molar-refractivity contribution in [3.8, 4) is 0 Å². The number of nitrogens with zero attached hydrogens (tertiary/aromatic N) is 1. The van der Waals surface area contributed by atoms with Gasteiger partial charge >= 0.3 is 0 Å². The van der Waals surface area contributed by atoms with Gasteiger partial charge in [0.25, 0.3) is 0 Å². The number of aliphatic imine (C=N–C) groups is 1. The minimum Gasteiger partial charge on any atom is -0.370 e. The third-order valence-corrected chi connectivity index (χ3v) is 2.85. The van der Waals surface area contributed by atoms with E-state index in [4.69, 9.17) is 5.73 Å². The molecule has 1 aliphatic carbocycles. The first kappa shape index (κ1) is 13.8. The van der Waals surface area contributed by atoms with Crippen LogP contribution in [-0.4, -0.2) is 12.0 Å². The van der Waals surface area contributed by atoms with E-state index in [0.717, 1.165) is 12.1 Å². The number of guanidine groups is 1. The third kappa shape index (κ3) is 4.63. The van der Waals surface area contributed by atoms with Gasteiger partial charge in [-0.1, -0.05) is 32.9 Å². The summed E-state index contributed by atoms with van der Waals surface area (Å²) in [5.41, 5.74) is 7.16. The first-order valence-electron chi connectivity index (χ1n) is 6.27. The molecule has 0 radical (unpaired) electrons. The number of nitrogens with one attached hydrogen (secondary N) is 1. The predicted molar refractivity (Wildman–Crippen MR) is 74.7 cm³/mol. The van der Waals surface area contributed by atoms with E-state index < -0.39 is 0 Å². The van der Waals surface area contributed by atoms with E-state index in [1.807, 2.05) is 13.8 Å². The van der Waals surface area contributed by atoms with Crippen molar-refractivity contribution < 1.29 is 0 Å². The molecule has 1 unspecified atom stereocenters. The SMILES string of the molecule is CC(C)N=C(N)NC1=CC(C(C)(C)C)CC=C1. The van der Waals surface area contributed by atoms with E-state index in [1.165, 1.54) is 0 Å². The Morgan fingerprint density at radius 3 is 2.65 bits per heavy atom. The highest BCUT2D eigenvalue weighted by atomic mass is 15.1. The van der Waals surface area contributed by atoms with Gasteiger partial charge in [0.15, 0.2) is 5.96 Å². The molecule has 3 nitrogen and oxygen atoms in total. The Hall–Kier alpha value is -1.25. The lowest BCUT2D eigenvalue weighted by Crippen LogP contribution is -2.33. The second-order valence-corrected chi connectivity index (χ2v) is 5.97. The zero-order chi connectivity index (χ0) is 13.1. The van der Waals surface area contributed by atoms with Crippen LogP contribution in [0.25, 0.3) is 0 Å². The summed E-state index contributed by atoms with van der Waals surface area (Å²) in [6.45, 7) is 10.8. The Kier molecular flexibility index (Phi) is 4.38. The molecule has 1 aliphatic rings. The van der Waals surface area contributed by atoms with Gasteiger partial charge in [-0.25, -0.2) is 0 Å². The second kappa shape index (κ2) is 5.39. The Balaban J connectivity index is 2.72. The van der Waals surface area contributed by atoms with Crippen molar-refractivity contribution in [2.75, 3.05) is 0 Å². The molecule has 0 fully saturated rings. The van der Waals surface area contributed by atoms with Gasteiger partial charge in [-0.05, 0) is 37.7 Å². The number of hydrogen-bond acceptors (Lipinski definition) is 1. The van der Waals surface area contributed by atoms with Crippen molar-refractivity contribution in [2.45, 2.75) is 47.1 Å². The van der Waals surface area contributed by atoms with E-state index >= 15 is 0 Å². The monoisotopic (exact) mass is 235 g/mol. The molecule has 0 aliphatic heterocycles. The first-order chi connectivity index (χ1) is 7.79. The van der Waals surface area contributed by atoms with Gasteiger partial charge in [-0.2, -0.15) is 0 Å². The van der Waals surface area contributed by atoms with Crippen molar-refractivity contribution >= 4 is 5.96 Å². The van der Waals surface area contributed by atoms with Crippen LogP contribution < -0.4 is 11.1 Å². The molecule has 17 heavy (non-hydrogen) atoms. The van der Waals surface area contributed by atoms with Crippen molar-refractivity contribution in [2.24, 2.45) is 22.1 Å². The largest absolute Gasteiger partial charge is 0.370 e. The maximum absolute atomic E-state index is 5.82. The Labute approximate surface area is 105 Å². The first-order valence-corrected chi connectivity index (χ1v) is 6.27. The lowest BCUT2D eigenvalue weighted by molar-refractivity contribution is 0.292. The number of hydrogen-bond donors (Lipinski definition) is 2. The molecular formula is C14H25N3. The molecule has 0 saturated carbocycles. The zero-order valence-corrected chi connectivity index (χ0v) is 11.6. The van der Waals surface area contributed by atoms with Crippen LogP contribution in [0.15, 0.2) is 28.9 Å². The van der Waals surface area contributed by atoms with Crippen LogP contribution in [0.2, 0.25) is 0 Å². The van der Waals surface area contributed by atoms with Crippen LogP contribution in [0.1, 0.15) is 41.0 Å². The fourth-order valence-electron chi connectivity index (χ4n) is 1.83. The van der Waals surface area contributed by atoms with Crippen molar-refractivity contribution in [3.63, 3.8) is 0 Å². The number of allylic oxidation sites excluding steroid dienone is 3.